The molecule has 0 aliphatic rings. The molecule has 1 heterocycles. The van der Waals surface area contributed by atoms with Crippen LogP contribution < -0.4 is 11.2 Å². The van der Waals surface area contributed by atoms with Crippen molar-refractivity contribution in [2.75, 3.05) is 0 Å². The summed E-state index contributed by atoms with van der Waals surface area (Å²) in [6.45, 7) is 3.84. The standard InChI is InChI=1S/C15H18N2O2/c1-10-6-5-7-12(8-10)9-13-11(2)16(3)15(19)17(4)14(13)18/h5-8H,9H2,1-4H3. The van der Waals surface area contributed by atoms with Crippen molar-refractivity contribution in [3.63, 3.8) is 0 Å². The number of aromatic nitrogens is 2. The van der Waals surface area contributed by atoms with Crippen LogP contribution in [0.3, 0.4) is 0 Å². The zero-order valence-corrected chi connectivity index (χ0v) is 11.7. The van der Waals surface area contributed by atoms with E-state index in [-0.39, 0.29) is 11.2 Å². The molecular formula is C15H18N2O2. The lowest BCUT2D eigenvalue weighted by atomic mass is 10.0. The normalized spacial score (nSPS) is 10.7. The van der Waals surface area contributed by atoms with Crippen molar-refractivity contribution in [3.05, 3.63) is 67.5 Å². The summed E-state index contributed by atoms with van der Waals surface area (Å²) in [5, 5.41) is 0. The number of aryl methyl sites for hydroxylation is 1. The van der Waals surface area contributed by atoms with Crippen LogP contribution in [0.4, 0.5) is 0 Å². The van der Waals surface area contributed by atoms with Gasteiger partial charge in [-0.15, -0.1) is 0 Å². The van der Waals surface area contributed by atoms with Gasteiger partial charge >= 0.3 is 5.69 Å². The molecule has 1 aromatic heterocycles. The summed E-state index contributed by atoms with van der Waals surface area (Å²) < 4.78 is 2.69. The Hall–Kier alpha value is -2.10. The third kappa shape index (κ3) is 2.38. The minimum Gasteiger partial charge on any atom is -0.301 e. The van der Waals surface area contributed by atoms with Crippen molar-refractivity contribution >= 4 is 0 Å². The lowest BCUT2D eigenvalue weighted by Crippen LogP contribution is -2.40. The molecule has 1 aromatic carbocycles. The van der Waals surface area contributed by atoms with Gasteiger partial charge in [-0.05, 0) is 19.4 Å². The maximum atomic E-state index is 12.2. The van der Waals surface area contributed by atoms with Gasteiger partial charge in [0.2, 0.25) is 0 Å². The number of benzene rings is 1. The maximum Gasteiger partial charge on any atom is 0.330 e. The van der Waals surface area contributed by atoms with E-state index < -0.39 is 0 Å². The van der Waals surface area contributed by atoms with Gasteiger partial charge in [0.05, 0.1) is 0 Å². The molecule has 100 valence electrons. The van der Waals surface area contributed by atoms with E-state index in [1.54, 1.807) is 7.05 Å². The Labute approximate surface area is 111 Å². The van der Waals surface area contributed by atoms with E-state index in [0.29, 0.717) is 12.0 Å². The highest BCUT2D eigenvalue weighted by atomic mass is 16.2. The van der Waals surface area contributed by atoms with Gasteiger partial charge in [0, 0.05) is 31.8 Å². The molecule has 0 atom stereocenters. The van der Waals surface area contributed by atoms with Crippen molar-refractivity contribution in [1.82, 2.24) is 9.13 Å². The van der Waals surface area contributed by atoms with Crippen LogP contribution in [-0.4, -0.2) is 9.13 Å². The minimum absolute atomic E-state index is 0.206. The Kier molecular flexibility index (Phi) is 3.42. The molecule has 0 aliphatic heterocycles. The van der Waals surface area contributed by atoms with Gasteiger partial charge in [0.25, 0.3) is 5.56 Å². The van der Waals surface area contributed by atoms with Crippen molar-refractivity contribution in [2.45, 2.75) is 20.3 Å². The van der Waals surface area contributed by atoms with E-state index in [4.69, 9.17) is 0 Å². The Morgan fingerprint density at radius 2 is 1.74 bits per heavy atom. The predicted molar refractivity (Wildman–Crippen MR) is 75.6 cm³/mol. The van der Waals surface area contributed by atoms with Crippen molar-refractivity contribution in [3.8, 4) is 0 Å². The molecule has 0 saturated carbocycles. The zero-order chi connectivity index (χ0) is 14.2. The summed E-state index contributed by atoms with van der Waals surface area (Å²) in [5.41, 5.74) is 3.16. The molecule has 0 unspecified atom stereocenters. The van der Waals surface area contributed by atoms with Gasteiger partial charge in [-0.1, -0.05) is 29.8 Å². The predicted octanol–water partition coefficient (Wildman–Crippen LogP) is 1.29. The van der Waals surface area contributed by atoms with Crippen molar-refractivity contribution < 1.29 is 0 Å². The Morgan fingerprint density at radius 3 is 2.37 bits per heavy atom. The number of hydrogen-bond acceptors (Lipinski definition) is 2. The van der Waals surface area contributed by atoms with E-state index in [1.165, 1.54) is 11.6 Å². The van der Waals surface area contributed by atoms with Gasteiger partial charge in [-0.25, -0.2) is 4.79 Å². The summed E-state index contributed by atoms with van der Waals surface area (Å²) in [5.74, 6) is 0. The highest BCUT2D eigenvalue weighted by Crippen LogP contribution is 2.10. The molecule has 0 N–H and O–H groups in total. The Morgan fingerprint density at radius 1 is 1.05 bits per heavy atom. The first-order valence-electron chi connectivity index (χ1n) is 6.23. The van der Waals surface area contributed by atoms with E-state index in [0.717, 1.165) is 21.4 Å². The molecule has 0 fully saturated rings. The molecule has 4 heteroatoms. The summed E-state index contributed by atoms with van der Waals surface area (Å²) in [6, 6.07) is 8.06. The van der Waals surface area contributed by atoms with Crippen LogP contribution in [0.25, 0.3) is 0 Å². The monoisotopic (exact) mass is 258 g/mol. The SMILES string of the molecule is Cc1cccc(Cc2c(C)n(C)c(=O)n(C)c2=O)c1. The summed E-state index contributed by atoms with van der Waals surface area (Å²) >= 11 is 0. The fourth-order valence-corrected chi connectivity index (χ4v) is 2.24. The number of hydrogen-bond donors (Lipinski definition) is 0. The van der Waals surface area contributed by atoms with Crippen LogP contribution >= 0.6 is 0 Å². The first-order valence-corrected chi connectivity index (χ1v) is 6.23. The largest absolute Gasteiger partial charge is 0.330 e. The molecule has 0 aliphatic carbocycles. The molecule has 2 rings (SSSR count). The highest BCUT2D eigenvalue weighted by Gasteiger charge is 2.12. The smallest absolute Gasteiger partial charge is 0.301 e. The van der Waals surface area contributed by atoms with Crippen LogP contribution in [0, 0.1) is 13.8 Å². The van der Waals surface area contributed by atoms with Crippen LogP contribution in [0.1, 0.15) is 22.4 Å². The first-order chi connectivity index (χ1) is 8.91. The minimum atomic E-state index is -0.282. The first kappa shape index (κ1) is 13.3. The fraction of sp³-hybridized carbons (Fsp3) is 0.333. The molecule has 2 aromatic rings. The highest BCUT2D eigenvalue weighted by molar-refractivity contribution is 5.29. The molecule has 19 heavy (non-hydrogen) atoms. The van der Waals surface area contributed by atoms with Gasteiger partial charge in [0.15, 0.2) is 0 Å². The second kappa shape index (κ2) is 4.88. The second-order valence-electron chi connectivity index (χ2n) is 4.94. The summed E-state index contributed by atoms with van der Waals surface area (Å²) in [4.78, 5) is 24.0. The van der Waals surface area contributed by atoms with Gasteiger partial charge in [-0.2, -0.15) is 0 Å². The Balaban J connectivity index is 2.58. The van der Waals surface area contributed by atoms with Gasteiger partial charge in [-0.3, -0.25) is 9.36 Å². The third-order valence-corrected chi connectivity index (χ3v) is 3.54. The molecule has 0 saturated heterocycles. The topological polar surface area (TPSA) is 44.0 Å². The molecule has 0 bridgehead atoms. The van der Waals surface area contributed by atoms with Crippen LogP contribution in [0.15, 0.2) is 33.9 Å². The molecular weight excluding hydrogens is 240 g/mol. The quantitative estimate of drug-likeness (QED) is 0.814. The second-order valence-corrected chi connectivity index (χ2v) is 4.94. The molecule has 0 amide bonds. The average Bonchev–Trinajstić information content (AvgIpc) is 2.39. The fourth-order valence-electron chi connectivity index (χ4n) is 2.24. The van der Waals surface area contributed by atoms with Crippen LogP contribution in [-0.2, 0) is 20.5 Å². The molecule has 4 nitrogen and oxygen atoms in total. The van der Waals surface area contributed by atoms with Crippen LogP contribution in [0.5, 0.6) is 0 Å². The van der Waals surface area contributed by atoms with Crippen molar-refractivity contribution in [2.24, 2.45) is 14.1 Å². The molecule has 0 spiro atoms. The number of rotatable bonds is 2. The van der Waals surface area contributed by atoms with Crippen LogP contribution in [0.2, 0.25) is 0 Å². The van der Waals surface area contributed by atoms with E-state index in [2.05, 4.69) is 6.07 Å². The Bertz CT molecular complexity index is 739. The third-order valence-electron chi connectivity index (χ3n) is 3.54. The van der Waals surface area contributed by atoms with E-state index in [9.17, 15) is 9.59 Å². The van der Waals surface area contributed by atoms with E-state index in [1.807, 2.05) is 32.0 Å². The zero-order valence-electron chi connectivity index (χ0n) is 11.7. The summed E-state index contributed by atoms with van der Waals surface area (Å²) in [7, 11) is 3.21. The lowest BCUT2D eigenvalue weighted by molar-refractivity contribution is 0.652. The van der Waals surface area contributed by atoms with E-state index >= 15 is 0 Å². The van der Waals surface area contributed by atoms with Gasteiger partial charge < -0.3 is 4.57 Å². The maximum absolute atomic E-state index is 12.2. The summed E-state index contributed by atoms with van der Waals surface area (Å²) in [6.07, 6.45) is 0.550. The van der Waals surface area contributed by atoms with Gasteiger partial charge in [0.1, 0.15) is 0 Å². The number of nitrogens with zero attached hydrogens (tertiary/aromatic N) is 2. The lowest BCUT2D eigenvalue weighted by Gasteiger charge is -2.12. The average molecular weight is 258 g/mol. The van der Waals surface area contributed by atoms with Crippen molar-refractivity contribution in [1.29, 1.82) is 0 Å². The molecule has 0 radical (unpaired) electrons.